The summed E-state index contributed by atoms with van der Waals surface area (Å²) in [6.45, 7) is 2.20. The van der Waals surface area contributed by atoms with Crippen LogP contribution in [0.1, 0.15) is 64.7 Å². The van der Waals surface area contributed by atoms with Crippen LogP contribution in [0.5, 0.6) is 0 Å². The molecule has 13 heavy (non-hydrogen) atoms. The van der Waals surface area contributed by atoms with E-state index in [1.807, 2.05) is 0 Å². The monoisotopic (exact) mass is 182 g/mol. The van der Waals surface area contributed by atoms with Crippen molar-refractivity contribution in [1.29, 1.82) is 0 Å². The number of ketones is 1. The normalized spacial score (nSPS) is 17.0. The minimum absolute atomic E-state index is 0.515. The Bertz CT molecular complexity index is 147. The van der Waals surface area contributed by atoms with Gasteiger partial charge >= 0.3 is 0 Å². The summed E-state index contributed by atoms with van der Waals surface area (Å²) in [5.74, 6) is 1.28. The molecule has 1 saturated carbocycles. The highest BCUT2D eigenvalue weighted by Gasteiger charge is 2.19. The quantitative estimate of drug-likeness (QED) is 0.548. The number of carbonyl (C=O) groups is 1. The maximum absolute atomic E-state index is 11.4. The second-order valence-corrected chi connectivity index (χ2v) is 4.35. The number of hydrogen-bond acceptors (Lipinski definition) is 1. The van der Waals surface area contributed by atoms with Gasteiger partial charge in [-0.05, 0) is 12.3 Å². The summed E-state index contributed by atoms with van der Waals surface area (Å²) in [6, 6.07) is 0. The minimum atomic E-state index is 0.515. The van der Waals surface area contributed by atoms with Gasteiger partial charge in [-0.15, -0.1) is 0 Å². The zero-order chi connectivity index (χ0) is 9.52. The summed E-state index contributed by atoms with van der Waals surface area (Å²) in [4.78, 5) is 11.4. The van der Waals surface area contributed by atoms with Gasteiger partial charge in [0, 0.05) is 12.8 Å². The van der Waals surface area contributed by atoms with Gasteiger partial charge in [0.15, 0.2) is 0 Å². The summed E-state index contributed by atoms with van der Waals surface area (Å²) in [6.07, 6.45) is 10.6. The van der Waals surface area contributed by atoms with Crippen LogP contribution >= 0.6 is 0 Å². The lowest BCUT2D eigenvalue weighted by molar-refractivity contribution is -0.120. The first-order valence-corrected chi connectivity index (χ1v) is 5.84. The van der Waals surface area contributed by atoms with E-state index < -0.39 is 0 Å². The van der Waals surface area contributed by atoms with Crippen molar-refractivity contribution in [3.05, 3.63) is 0 Å². The fourth-order valence-corrected chi connectivity index (χ4v) is 1.87. The predicted octanol–water partition coefficient (Wildman–Crippen LogP) is 3.72. The van der Waals surface area contributed by atoms with E-state index in [-0.39, 0.29) is 0 Å². The molecule has 0 saturated heterocycles. The van der Waals surface area contributed by atoms with Gasteiger partial charge in [-0.1, -0.05) is 45.4 Å². The third-order valence-electron chi connectivity index (χ3n) is 3.05. The average molecular weight is 182 g/mol. The Labute approximate surface area is 81.9 Å². The van der Waals surface area contributed by atoms with Crippen LogP contribution in [0.15, 0.2) is 0 Å². The molecule has 1 aliphatic rings. The van der Waals surface area contributed by atoms with Crippen LogP contribution in [0, 0.1) is 5.92 Å². The Morgan fingerprint density at radius 2 is 2.00 bits per heavy atom. The Morgan fingerprint density at radius 1 is 1.23 bits per heavy atom. The molecule has 1 heteroatoms. The van der Waals surface area contributed by atoms with Crippen LogP contribution in [0.4, 0.5) is 0 Å². The van der Waals surface area contributed by atoms with Gasteiger partial charge in [0.1, 0.15) is 5.78 Å². The summed E-state index contributed by atoms with van der Waals surface area (Å²) < 4.78 is 0. The van der Waals surface area contributed by atoms with E-state index in [0.717, 1.165) is 25.2 Å². The fourth-order valence-electron chi connectivity index (χ4n) is 1.87. The molecule has 1 rings (SSSR count). The third-order valence-corrected chi connectivity index (χ3v) is 3.05. The highest BCUT2D eigenvalue weighted by Crippen LogP contribution is 2.30. The molecule has 1 nitrogen and oxygen atoms in total. The van der Waals surface area contributed by atoms with Gasteiger partial charge in [-0.3, -0.25) is 4.79 Å². The summed E-state index contributed by atoms with van der Waals surface area (Å²) in [5, 5.41) is 0. The number of rotatable bonds is 7. The van der Waals surface area contributed by atoms with Crippen molar-refractivity contribution in [3.63, 3.8) is 0 Å². The zero-order valence-electron chi connectivity index (χ0n) is 8.85. The number of Topliss-reactive ketones (excluding diaryl/α,β-unsaturated/α-hetero) is 1. The second-order valence-electron chi connectivity index (χ2n) is 4.35. The molecule has 0 bridgehead atoms. The van der Waals surface area contributed by atoms with Crippen molar-refractivity contribution in [2.24, 2.45) is 5.92 Å². The first kappa shape index (κ1) is 10.7. The van der Waals surface area contributed by atoms with Crippen LogP contribution in [-0.2, 0) is 4.79 Å². The van der Waals surface area contributed by atoms with Crippen LogP contribution in [0.25, 0.3) is 0 Å². The van der Waals surface area contributed by atoms with Crippen molar-refractivity contribution in [2.75, 3.05) is 0 Å². The zero-order valence-corrected chi connectivity index (χ0v) is 8.85. The largest absolute Gasteiger partial charge is 0.300 e. The molecule has 76 valence electrons. The maximum Gasteiger partial charge on any atom is 0.133 e. The Balaban J connectivity index is 1.91. The predicted molar refractivity (Wildman–Crippen MR) is 55.7 cm³/mol. The third kappa shape index (κ3) is 4.44. The maximum atomic E-state index is 11.4. The van der Waals surface area contributed by atoms with Crippen LogP contribution < -0.4 is 0 Å². The second kappa shape index (κ2) is 6.17. The van der Waals surface area contributed by atoms with E-state index >= 15 is 0 Å². The molecule has 0 aromatic rings. The number of unbranched alkanes of at least 4 members (excludes halogenated alkanes) is 3. The standard InChI is InChI=1S/C12H22O/c1-2-3-4-5-9-12(13)10-11-7-6-8-11/h11H,2-10H2,1H3. The Morgan fingerprint density at radius 3 is 2.54 bits per heavy atom. The lowest BCUT2D eigenvalue weighted by Gasteiger charge is -2.24. The smallest absolute Gasteiger partial charge is 0.133 e. The molecule has 0 unspecified atom stereocenters. The van der Waals surface area contributed by atoms with Crippen molar-refractivity contribution < 1.29 is 4.79 Å². The van der Waals surface area contributed by atoms with Gasteiger partial charge in [0.05, 0.1) is 0 Å². The van der Waals surface area contributed by atoms with E-state index in [1.54, 1.807) is 0 Å². The SMILES string of the molecule is CCCCCCC(=O)CC1CCC1. The van der Waals surface area contributed by atoms with E-state index in [1.165, 1.54) is 38.5 Å². The summed E-state index contributed by atoms with van der Waals surface area (Å²) in [7, 11) is 0. The first-order chi connectivity index (χ1) is 6.33. The highest BCUT2D eigenvalue weighted by molar-refractivity contribution is 5.78. The van der Waals surface area contributed by atoms with Crippen LogP contribution in [0.3, 0.4) is 0 Å². The highest BCUT2D eigenvalue weighted by atomic mass is 16.1. The van der Waals surface area contributed by atoms with E-state index in [9.17, 15) is 4.79 Å². The molecule has 0 N–H and O–H groups in total. The van der Waals surface area contributed by atoms with E-state index in [4.69, 9.17) is 0 Å². The molecule has 0 amide bonds. The molecule has 1 aliphatic carbocycles. The average Bonchev–Trinajstić information content (AvgIpc) is 2.06. The Hall–Kier alpha value is -0.330. The van der Waals surface area contributed by atoms with Crippen LogP contribution in [0.2, 0.25) is 0 Å². The number of carbonyl (C=O) groups excluding carboxylic acids is 1. The van der Waals surface area contributed by atoms with Gasteiger partial charge in [0.2, 0.25) is 0 Å². The fraction of sp³-hybridized carbons (Fsp3) is 0.917. The molecule has 0 atom stereocenters. The lowest BCUT2D eigenvalue weighted by atomic mass is 9.81. The van der Waals surface area contributed by atoms with Crippen molar-refractivity contribution >= 4 is 5.78 Å². The van der Waals surface area contributed by atoms with Gasteiger partial charge in [-0.2, -0.15) is 0 Å². The number of hydrogen-bond donors (Lipinski definition) is 0. The van der Waals surface area contributed by atoms with Crippen molar-refractivity contribution in [2.45, 2.75) is 64.7 Å². The summed E-state index contributed by atoms with van der Waals surface area (Å²) >= 11 is 0. The molecule has 0 aromatic carbocycles. The van der Waals surface area contributed by atoms with Crippen LogP contribution in [-0.4, -0.2) is 5.78 Å². The van der Waals surface area contributed by atoms with Gasteiger partial charge < -0.3 is 0 Å². The molecule has 0 spiro atoms. The molecule has 0 heterocycles. The Kier molecular flexibility index (Phi) is 5.10. The van der Waals surface area contributed by atoms with E-state index in [2.05, 4.69) is 6.92 Å². The van der Waals surface area contributed by atoms with Crippen molar-refractivity contribution in [1.82, 2.24) is 0 Å². The topological polar surface area (TPSA) is 17.1 Å². The van der Waals surface area contributed by atoms with Gasteiger partial charge in [0.25, 0.3) is 0 Å². The van der Waals surface area contributed by atoms with Gasteiger partial charge in [-0.25, -0.2) is 0 Å². The lowest BCUT2D eigenvalue weighted by Crippen LogP contribution is -2.15. The summed E-state index contributed by atoms with van der Waals surface area (Å²) in [5.41, 5.74) is 0. The minimum Gasteiger partial charge on any atom is -0.300 e. The molecule has 0 aliphatic heterocycles. The molecular formula is C12H22O. The molecule has 0 aromatic heterocycles. The molecular weight excluding hydrogens is 160 g/mol. The molecule has 1 fully saturated rings. The van der Waals surface area contributed by atoms with E-state index in [0.29, 0.717) is 5.78 Å². The molecule has 0 radical (unpaired) electrons. The first-order valence-electron chi connectivity index (χ1n) is 5.84. The van der Waals surface area contributed by atoms with Crippen molar-refractivity contribution in [3.8, 4) is 0 Å².